The van der Waals surface area contributed by atoms with Crippen LogP contribution in [0.5, 0.6) is 0 Å². The van der Waals surface area contributed by atoms with Crippen molar-refractivity contribution < 1.29 is 23.5 Å². The number of carbonyl (C=O) groups is 2. The Bertz CT molecular complexity index is 576. The summed E-state index contributed by atoms with van der Waals surface area (Å²) in [7, 11) is 1.48. The van der Waals surface area contributed by atoms with Crippen LogP contribution in [0.25, 0.3) is 0 Å². The SMILES string of the molecule is CC(c1cc(F)ccc1F)N(C)C(=O)C1CCC1C(=O)O. The zero-order valence-electron chi connectivity index (χ0n) is 11.8. The molecule has 1 aromatic rings. The van der Waals surface area contributed by atoms with Crippen molar-refractivity contribution in [2.45, 2.75) is 25.8 Å². The number of carboxylic acids is 1. The lowest BCUT2D eigenvalue weighted by Crippen LogP contribution is -2.45. The zero-order chi connectivity index (χ0) is 15.7. The van der Waals surface area contributed by atoms with Gasteiger partial charge >= 0.3 is 5.97 Å². The first-order valence-electron chi connectivity index (χ1n) is 6.77. The van der Waals surface area contributed by atoms with Gasteiger partial charge in [0.15, 0.2) is 0 Å². The van der Waals surface area contributed by atoms with E-state index in [1.165, 1.54) is 11.9 Å². The van der Waals surface area contributed by atoms with Crippen molar-refractivity contribution in [2.24, 2.45) is 11.8 Å². The molecule has 0 aromatic heterocycles. The van der Waals surface area contributed by atoms with E-state index in [1.807, 2.05) is 0 Å². The third kappa shape index (κ3) is 2.89. The second-order valence-electron chi connectivity index (χ2n) is 5.42. The fourth-order valence-corrected chi connectivity index (χ4v) is 2.59. The molecule has 1 amide bonds. The quantitative estimate of drug-likeness (QED) is 0.929. The van der Waals surface area contributed by atoms with Crippen LogP contribution in [0.2, 0.25) is 0 Å². The van der Waals surface area contributed by atoms with Crippen LogP contribution in [0.1, 0.15) is 31.4 Å². The van der Waals surface area contributed by atoms with E-state index in [-0.39, 0.29) is 11.5 Å². The Morgan fingerprint density at radius 1 is 1.29 bits per heavy atom. The lowest BCUT2D eigenvalue weighted by Gasteiger charge is -2.37. The topological polar surface area (TPSA) is 57.6 Å². The fourth-order valence-electron chi connectivity index (χ4n) is 2.59. The lowest BCUT2D eigenvalue weighted by molar-refractivity contribution is -0.156. The monoisotopic (exact) mass is 297 g/mol. The van der Waals surface area contributed by atoms with Crippen molar-refractivity contribution in [2.75, 3.05) is 7.05 Å². The molecule has 1 aliphatic rings. The molecular formula is C15H17F2NO3. The van der Waals surface area contributed by atoms with Gasteiger partial charge in [0.1, 0.15) is 11.6 Å². The van der Waals surface area contributed by atoms with Crippen molar-refractivity contribution in [3.63, 3.8) is 0 Å². The van der Waals surface area contributed by atoms with Gasteiger partial charge in [-0.05, 0) is 38.0 Å². The van der Waals surface area contributed by atoms with E-state index < -0.39 is 35.5 Å². The maximum Gasteiger partial charge on any atom is 0.307 e. The van der Waals surface area contributed by atoms with Crippen molar-refractivity contribution >= 4 is 11.9 Å². The zero-order valence-corrected chi connectivity index (χ0v) is 11.8. The summed E-state index contributed by atoms with van der Waals surface area (Å²) in [6.45, 7) is 1.59. The van der Waals surface area contributed by atoms with Crippen LogP contribution in [0, 0.1) is 23.5 Å². The summed E-state index contributed by atoms with van der Waals surface area (Å²) in [5, 5.41) is 8.99. The average Bonchev–Trinajstić information content (AvgIpc) is 2.37. The van der Waals surface area contributed by atoms with Crippen LogP contribution in [0.4, 0.5) is 8.78 Å². The van der Waals surface area contributed by atoms with E-state index in [1.54, 1.807) is 6.92 Å². The Kier molecular flexibility index (Phi) is 4.25. The van der Waals surface area contributed by atoms with Crippen LogP contribution < -0.4 is 0 Å². The van der Waals surface area contributed by atoms with Gasteiger partial charge in [0.05, 0.1) is 17.9 Å². The summed E-state index contributed by atoms with van der Waals surface area (Å²) in [6, 6.07) is 2.42. The second kappa shape index (κ2) is 5.79. The molecule has 0 bridgehead atoms. The van der Waals surface area contributed by atoms with Gasteiger partial charge in [-0.1, -0.05) is 0 Å². The smallest absolute Gasteiger partial charge is 0.307 e. The number of benzene rings is 1. The van der Waals surface area contributed by atoms with Crippen molar-refractivity contribution in [3.05, 3.63) is 35.4 Å². The summed E-state index contributed by atoms with van der Waals surface area (Å²) < 4.78 is 27.0. The number of carboxylic acid groups (broad SMARTS) is 1. The van der Waals surface area contributed by atoms with Crippen molar-refractivity contribution in [3.8, 4) is 0 Å². The van der Waals surface area contributed by atoms with E-state index >= 15 is 0 Å². The van der Waals surface area contributed by atoms with E-state index in [9.17, 15) is 18.4 Å². The molecule has 0 spiro atoms. The highest BCUT2D eigenvalue weighted by molar-refractivity contribution is 5.86. The molecule has 3 atom stereocenters. The van der Waals surface area contributed by atoms with Crippen LogP contribution in [-0.2, 0) is 9.59 Å². The highest BCUT2D eigenvalue weighted by Crippen LogP contribution is 2.37. The maximum atomic E-state index is 13.7. The normalized spacial score (nSPS) is 22.3. The largest absolute Gasteiger partial charge is 0.481 e. The molecule has 2 rings (SSSR count). The maximum absolute atomic E-state index is 13.7. The molecular weight excluding hydrogens is 280 g/mol. The minimum atomic E-state index is -0.988. The number of halogens is 2. The average molecular weight is 297 g/mol. The van der Waals surface area contributed by atoms with Crippen molar-refractivity contribution in [1.82, 2.24) is 4.90 Å². The first-order chi connectivity index (χ1) is 9.82. The van der Waals surface area contributed by atoms with Crippen LogP contribution in [0.15, 0.2) is 18.2 Å². The number of hydrogen-bond acceptors (Lipinski definition) is 2. The number of aliphatic carboxylic acids is 1. The van der Waals surface area contributed by atoms with E-state index in [2.05, 4.69) is 0 Å². The summed E-state index contributed by atoms with van der Waals surface area (Å²) >= 11 is 0. The van der Waals surface area contributed by atoms with Gasteiger partial charge in [-0.2, -0.15) is 0 Å². The number of hydrogen-bond donors (Lipinski definition) is 1. The fraction of sp³-hybridized carbons (Fsp3) is 0.467. The van der Waals surface area contributed by atoms with E-state index in [0.717, 1.165) is 18.2 Å². The third-order valence-electron chi connectivity index (χ3n) is 4.25. The summed E-state index contributed by atoms with van der Waals surface area (Å²) in [6.07, 6.45) is 0.987. The molecule has 1 N–H and O–H groups in total. The molecule has 0 heterocycles. The minimum absolute atomic E-state index is 0.0806. The number of carbonyl (C=O) groups excluding carboxylic acids is 1. The molecule has 114 valence electrons. The highest BCUT2D eigenvalue weighted by Gasteiger charge is 2.43. The molecule has 4 nitrogen and oxygen atoms in total. The summed E-state index contributed by atoms with van der Waals surface area (Å²) in [4.78, 5) is 24.6. The summed E-state index contributed by atoms with van der Waals surface area (Å²) in [5.41, 5.74) is 0.0806. The lowest BCUT2D eigenvalue weighted by atomic mass is 9.72. The second-order valence-corrected chi connectivity index (χ2v) is 5.42. The molecule has 3 unspecified atom stereocenters. The molecule has 1 fully saturated rings. The molecule has 0 saturated heterocycles. The molecule has 0 radical (unpaired) electrons. The molecule has 1 aromatic carbocycles. The first kappa shape index (κ1) is 15.4. The van der Waals surface area contributed by atoms with Gasteiger partial charge in [-0.3, -0.25) is 9.59 Å². The number of amides is 1. The van der Waals surface area contributed by atoms with Gasteiger partial charge in [0.25, 0.3) is 0 Å². The van der Waals surface area contributed by atoms with Crippen LogP contribution >= 0.6 is 0 Å². The predicted octanol–water partition coefficient (Wildman–Crippen LogP) is 2.59. The minimum Gasteiger partial charge on any atom is -0.481 e. The Hall–Kier alpha value is -1.98. The van der Waals surface area contributed by atoms with Gasteiger partial charge in [-0.15, -0.1) is 0 Å². The third-order valence-corrected chi connectivity index (χ3v) is 4.25. The molecule has 1 saturated carbocycles. The highest BCUT2D eigenvalue weighted by atomic mass is 19.1. The number of nitrogens with zero attached hydrogens (tertiary/aromatic N) is 1. The van der Waals surface area contributed by atoms with Crippen LogP contribution in [-0.4, -0.2) is 28.9 Å². The molecule has 21 heavy (non-hydrogen) atoms. The van der Waals surface area contributed by atoms with E-state index in [0.29, 0.717) is 12.8 Å². The van der Waals surface area contributed by atoms with Gasteiger partial charge < -0.3 is 10.0 Å². The van der Waals surface area contributed by atoms with Gasteiger partial charge in [0.2, 0.25) is 5.91 Å². The van der Waals surface area contributed by atoms with Crippen LogP contribution in [0.3, 0.4) is 0 Å². The van der Waals surface area contributed by atoms with E-state index in [4.69, 9.17) is 5.11 Å². The van der Waals surface area contributed by atoms with Gasteiger partial charge in [-0.25, -0.2) is 8.78 Å². The molecule has 6 heteroatoms. The predicted molar refractivity (Wildman–Crippen MR) is 71.4 cm³/mol. The van der Waals surface area contributed by atoms with Gasteiger partial charge in [0, 0.05) is 12.6 Å². The molecule has 1 aliphatic carbocycles. The number of rotatable bonds is 4. The van der Waals surface area contributed by atoms with Crippen molar-refractivity contribution in [1.29, 1.82) is 0 Å². The standard InChI is InChI=1S/C15H17F2NO3/c1-8(12-7-9(16)3-6-13(12)17)18(2)14(19)10-4-5-11(10)15(20)21/h3,6-8,10-11H,4-5H2,1-2H3,(H,20,21). The summed E-state index contributed by atoms with van der Waals surface area (Å²) in [5.74, 6) is -3.75. The Balaban J connectivity index is 2.15. The Morgan fingerprint density at radius 3 is 2.43 bits per heavy atom. The Labute approximate surface area is 121 Å². The Morgan fingerprint density at radius 2 is 1.90 bits per heavy atom. The molecule has 0 aliphatic heterocycles. The first-order valence-corrected chi connectivity index (χ1v) is 6.77.